The Balaban J connectivity index is 0.00000336. The number of hydrogen-bond acceptors (Lipinski definition) is 9. The van der Waals surface area contributed by atoms with Crippen LogP contribution in [-0.2, 0) is 4.79 Å². The maximum atomic E-state index is 14.1. The van der Waals surface area contributed by atoms with Gasteiger partial charge in [0.1, 0.15) is 11.5 Å². The highest BCUT2D eigenvalue weighted by Gasteiger charge is 2.28. The van der Waals surface area contributed by atoms with E-state index in [1.165, 1.54) is 12.0 Å². The number of nitrogens with two attached hydrogens (primary N) is 1. The maximum Gasteiger partial charge on any atom is 0.259 e. The number of H-pyrrole nitrogens is 1. The predicted molar refractivity (Wildman–Crippen MR) is 223 cm³/mol. The molecule has 0 spiro atoms. The first kappa shape index (κ1) is 45.9. The van der Waals surface area contributed by atoms with Gasteiger partial charge >= 0.3 is 0 Å². The van der Waals surface area contributed by atoms with E-state index in [4.69, 9.17) is 20.2 Å². The number of methoxy groups -OCH3 is 1. The van der Waals surface area contributed by atoms with Crippen LogP contribution >= 0.6 is 37.2 Å². The zero-order valence-corrected chi connectivity index (χ0v) is 34.0. The fraction of sp³-hybridized carbons (Fsp3) is 0.421. The molecule has 16 heteroatoms. The molecule has 0 radical (unpaired) electrons. The number of fused-ring (bicyclic) bond motifs is 1. The number of carbonyl (C=O) groups excluding carboxylic acids is 3. The number of benzene rings is 3. The van der Waals surface area contributed by atoms with Crippen LogP contribution in [0.4, 0.5) is 11.6 Å². The molecule has 0 bridgehead atoms. The number of nitrogens with one attached hydrogen (secondary N) is 3. The topological polar surface area (TPSA) is 158 Å². The SMILES string of the molecule is CNCCNc1nc2c(-c3ccc(C(=O)N(C)c4ccc(C)cc4OCCCCCC(=O)N4CCN(C)CC4)c(C(N)=O)c3OC)cccc2[nH]1.Cl.Cl.Cl. The van der Waals surface area contributed by atoms with Gasteiger partial charge in [0, 0.05) is 63.9 Å². The Kier molecular flexibility index (Phi) is 18.3. The number of halogens is 3. The van der Waals surface area contributed by atoms with Crippen LogP contribution in [0.1, 0.15) is 52.0 Å². The highest BCUT2D eigenvalue weighted by molar-refractivity contribution is 6.15. The summed E-state index contributed by atoms with van der Waals surface area (Å²) in [5, 5.41) is 6.35. The fourth-order valence-electron chi connectivity index (χ4n) is 6.32. The summed E-state index contributed by atoms with van der Waals surface area (Å²) >= 11 is 0. The Morgan fingerprint density at radius 2 is 1.70 bits per heavy atom. The first-order valence-electron chi connectivity index (χ1n) is 17.5. The summed E-state index contributed by atoms with van der Waals surface area (Å²) in [6.45, 7) is 7.24. The zero-order valence-electron chi connectivity index (χ0n) is 31.5. The van der Waals surface area contributed by atoms with Crippen molar-refractivity contribution in [2.75, 3.05) is 84.3 Å². The van der Waals surface area contributed by atoms with Gasteiger partial charge < -0.3 is 45.5 Å². The van der Waals surface area contributed by atoms with E-state index in [2.05, 4.69) is 27.6 Å². The summed E-state index contributed by atoms with van der Waals surface area (Å²) < 4.78 is 12.0. The molecule has 1 saturated heterocycles. The highest BCUT2D eigenvalue weighted by Crippen LogP contribution is 2.39. The normalized spacial score (nSPS) is 12.6. The van der Waals surface area contributed by atoms with E-state index in [1.807, 2.05) is 55.3 Å². The summed E-state index contributed by atoms with van der Waals surface area (Å²) in [4.78, 5) is 53.4. The number of carbonyl (C=O) groups is 3. The Labute approximate surface area is 335 Å². The molecule has 0 aliphatic carbocycles. The number of anilines is 2. The molecule has 54 heavy (non-hydrogen) atoms. The van der Waals surface area contributed by atoms with E-state index in [-0.39, 0.29) is 60.0 Å². The molecular weight excluding hydrogens is 755 g/mol. The molecule has 5 N–H and O–H groups in total. The lowest BCUT2D eigenvalue weighted by Crippen LogP contribution is -2.47. The van der Waals surface area contributed by atoms with Gasteiger partial charge in [0.2, 0.25) is 11.9 Å². The van der Waals surface area contributed by atoms with Gasteiger partial charge in [0.15, 0.2) is 0 Å². The third kappa shape index (κ3) is 10.9. The number of aromatic nitrogens is 2. The molecular formula is C38H53Cl3N8O5. The minimum atomic E-state index is -0.791. The summed E-state index contributed by atoms with van der Waals surface area (Å²) in [6.07, 6.45) is 2.95. The number of primary amides is 1. The number of ether oxygens (including phenoxy) is 2. The van der Waals surface area contributed by atoms with Crippen molar-refractivity contribution >= 4 is 77.6 Å². The third-order valence-electron chi connectivity index (χ3n) is 9.24. The Morgan fingerprint density at radius 3 is 2.39 bits per heavy atom. The predicted octanol–water partition coefficient (Wildman–Crippen LogP) is 5.53. The van der Waals surface area contributed by atoms with E-state index in [1.54, 1.807) is 19.2 Å². The molecule has 1 aliphatic rings. The number of nitrogens with zero attached hydrogens (tertiary/aromatic N) is 4. The number of imidazole rings is 1. The van der Waals surface area contributed by atoms with Crippen molar-refractivity contribution in [2.24, 2.45) is 5.73 Å². The van der Waals surface area contributed by atoms with Gasteiger partial charge in [-0.3, -0.25) is 14.4 Å². The average molecular weight is 808 g/mol. The highest BCUT2D eigenvalue weighted by atomic mass is 35.5. The van der Waals surface area contributed by atoms with Crippen LogP contribution in [0.15, 0.2) is 48.5 Å². The van der Waals surface area contributed by atoms with Crippen LogP contribution in [0.3, 0.4) is 0 Å². The summed E-state index contributed by atoms with van der Waals surface area (Å²) in [6, 6.07) is 14.7. The van der Waals surface area contributed by atoms with Crippen molar-refractivity contribution in [3.63, 3.8) is 0 Å². The van der Waals surface area contributed by atoms with Crippen molar-refractivity contribution in [3.05, 3.63) is 65.2 Å². The van der Waals surface area contributed by atoms with E-state index < -0.39 is 11.8 Å². The Bertz CT molecular complexity index is 1870. The zero-order chi connectivity index (χ0) is 36.5. The quantitative estimate of drug-likeness (QED) is 0.107. The van der Waals surface area contributed by atoms with E-state index in [0.29, 0.717) is 48.0 Å². The van der Waals surface area contributed by atoms with Gasteiger partial charge in [-0.25, -0.2) is 4.98 Å². The number of amides is 3. The first-order chi connectivity index (χ1) is 24.6. The molecule has 5 rings (SSSR count). The molecule has 3 amide bonds. The molecule has 0 saturated carbocycles. The molecule has 2 heterocycles. The molecule has 0 atom stereocenters. The monoisotopic (exact) mass is 806 g/mol. The number of unbranched alkanes of at least 4 members (excludes halogenated alkanes) is 2. The number of piperazine rings is 1. The third-order valence-corrected chi connectivity index (χ3v) is 9.24. The molecule has 13 nitrogen and oxygen atoms in total. The summed E-state index contributed by atoms with van der Waals surface area (Å²) in [5.41, 5.74) is 10.3. The molecule has 4 aromatic rings. The summed E-state index contributed by atoms with van der Waals surface area (Å²) in [5.74, 6) is 0.328. The van der Waals surface area contributed by atoms with Gasteiger partial charge in [-0.1, -0.05) is 18.2 Å². The van der Waals surface area contributed by atoms with Crippen LogP contribution in [-0.4, -0.2) is 112 Å². The van der Waals surface area contributed by atoms with Crippen molar-refractivity contribution < 1.29 is 23.9 Å². The largest absolute Gasteiger partial charge is 0.495 e. The second-order valence-electron chi connectivity index (χ2n) is 12.9. The van der Waals surface area contributed by atoms with Gasteiger partial charge in [0.05, 0.1) is 41.6 Å². The number of likely N-dealkylation sites (N-methyl/N-ethyl adjacent to an activating group) is 2. The van der Waals surface area contributed by atoms with Gasteiger partial charge in [-0.05, 0) is 76.2 Å². The van der Waals surface area contributed by atoms with E-state index in [9.17, 15) is 14.4 Å². The van der Waals surface area contributed by atoms with Crippen molar-refractivity contribution in [1.29, 1.82) is 0 Å². The van der Waals surface area contributed by atoms with Crippen LogP contribution < -0.4 is 30.7 Å². The standard InChI is InChI=1S/C38H50N8O5.3ClH/c1-25-13-16-30(31(24-25)51-23-8-6-7-12-32(47)46-21-19-44(3)20-22-46)45(4)37(49)28-15-14-27(35(50-5)33(28)36(39)48)26-10-9-11-29-34(26)43-38(42-29)41-18-17-40-2;;;/h9-11,13-16,24,40H,6-8,12,17-23H2,1-5H3,(H2,39,48)(H2,41,42,43);3*1H. The molecule has 296 valence electrons. The Hall–Kier alpha value is -4.27. The first-order valence-corrected chi connectivity index (χ1v) is 17.5. The number of aryl methyl sites for hydroxylation is 1. The second kappa shape index (κ2) is 21.6. The van der Waals surface area contributed by atoms with Gasteiger partial charge in [-0.2, -0.15) is 0 Å². The van der Waals surface area contributed by atoms with E-state index >= 15 is 0 Å². The van der Waals surface area contributed by atoms with Crippen LogP contribution in [0.5, 0.6) is 11.5 Å². The van der Waals surface area contributed by atoms with Crippen molar-refractivity contribution in [2.45, 2.75) is 32.6 Å². The minimum absolute atomic E-state index is 0. The molecule has 0 unspecified atom stereocenters. The molecule has 3 aromatic carbocycles. The van der Waals surface area contributed by atoms with E-state index in [0.717, 1.165) is 68.6 Å². The van der Waals surface area contributed by atoms with Crippen LogP contribution in [0, 0.1) is 6.92 Å². The number of rotatable bonds is 16. The molecule has 1 fully saturated rings. The molecule has 1 aromatic heterocycles. The number of para-hydroxylation sites is 1. The summed E-state index contributed by atoms with van der Waals surface area (Å²) in [7, 11) is 7.05. The van der Waals surface area contributed by atoms with Crippen molar-refractivity contribution in [1.82, 2.24) is 25.1 Å². The van der Waals surface area contributed by atoms with Crippen LogP contribution in [0.25, 0.3) is 22.2 Å². The Morgan fingerprint density at radius 1 is 0.963 bits per heavy atom. The lowest BCUT2D eigenvalue weighted by Gasteiger charge is -2.32. The van der Waals surface area contributed by atoms with Crippen molar-refractivity contribution in [3.8, 4) is 22.6 Å². The number of hydrogen-bond donors (Lipinski definition) is 4. The molecule has 1 aliphatic heterocycles. The average Bonchev–Trinajstić information content (AvgIpc) is 3.55. The minimum Gasteiger partial charge on any atom is -0.495 e. The number of aromatic amines is 1. The fourth-order valence-corrected chi connectivity index (χ4v) is 6.32. The second-order valence-corrected chi connectivity index (χ2v) is 12.9. The smallest absolute Gasteiger partial charge is 0.259 e. The van der Waals surface area contributed by atoms with Gasteiger partial charge in [0.25, 0.3) is 11.8 Å². The lowest BCUT2D eigenvalue weighted by atomic mass is 9.95. The van der Waals surface area contributed by atoms with Crippen LogP contribution in [0.2, 0.25) is 0 Å². The maximum absolute atomic E-state index is 14.1. The van der Waals surface area contributed by atoms with Gasteiger partial charge in [-0.15, -0.1) is 37.2 Å². The lowest BCUT2D eigenvalue weighted by molar-refractivity contribution is -0.132.